The summed E-state index contributed by atoms with van der Waals surface area (Å²) in [4.78, 5) is 6.95. The molecule has 1 unspecified atom stereocenters. The molecule has 1 aromatic carbocycles. The number of ether oxygens (including phenoxy) is 1. The molecule has 0 saturated carbocycles. The molecule has 4 rings (SSSR count). The van der Waals surface area contributed by atoms with Gasteiger partial charge in [-0.3, -0.25) is 0 Å². The first-order valence-electron chi connectivity index (χ1n) is 9.16. The van der Waals surface area contributed by atoms with Crippen molar-refractivity contribution in [1.82, 2.24) is 14.6 Å². The average Bonchev–Trinajstić information content (AvgIpc) is 3.13. The van der Waals surface area contributed by atoms with Gasteiger partial charge in [-0.05, 0) is 49.4 Å². The monoisotopic (exact) mass is 352 g/mol. The largest absolute Gasteiger partial charge is 0.497 e. The molecule has 1 aliphatic rings. The highest BCUT2D eigenvalue weighted by Crippen LogP contribution is 2.31. The molecule has 0 radical (unpaired) electrons. The normalized spacial score (nSPS) is 17.6. The van der Waals surface area contributed by atoms with Crippen molar-refractivity contribution in [2.75, 3.05) is 25.2 Å². The van der Waals surface area contributed by atoms with Crippen molar-refractivity contribution in [1.29, 1.82) is 0 Å². The molecule has 0 amide bonds. The number of hydrogen-bond acceptors (Lipinski definition) is 5. The minimum atomic E-state index is 0.212. The lowest BCUT2D eigenvalue weighted by atomic mass is 9.99. The SMILES string of the molecule is COc1cccc(-c2cnn3c(N4CCCCC4CCO)ccnc23)c1. The van der Waals surface area contributed by atoms with Crippen molar-refractivity contribution < 1.29 is 9.84 Å². The van der Waals surface area contributed by atoms with Crippen LogP contribution in [0.5, 0.6) is 5.75 Å². The van der Waals surface area contributed by atoms with Gasteiger partial charge in [-0.2, -0.15) is 9.61 Å². The summed E-state index contributed by atoms with van der Waals surface area (Å²) in [6.07, 6.45) is 7.98. The maximum absolute atomic E-state index is 9.43. The van der Waals surface area contributed by atoms with E-state index in [4.69, 9.17) is 4.74 Å². The van der Waals surface area contributed by atoms with Crippen LogP contribution in [0.4, 0.5) is 5.82 Å². The van der Waals surface area contributed by atoms with Crippen LogP contribution in [0.1, 0.15) is 25.7 Å². The maximum atomic E-state index is 9.43. The molecule has 1 aliphatic heterocycles. The maximum Gasteiger partial charge on any atom is 0.165 e. The number of nitrogens with zero attached hydrogens (tertiary/aromatic N) is 4. The lowest BCUT2D eigenvalue weighted by Gasteiger charge is -2.37. The third-order valence-corrected chi connectivity index (χ3v) is 5.15. The van der Waals surface area contributed by atoms with Gasteiger partial charge < -0.3 is 14.7 Å². The Kier molecular flexibility index (Phi) is 4.75. The van der Waals surface area contributed by atoms with Crippen LogP contribution in [0.2, 0.25) is 0 Å². The van der Waals surface area contributed by atoms with Crippen molar-refractivity contribution in [2.24, 2.45) is 0 Å². The average molecular weight is 352 g/mol. The fourth-order valence-corrected chi connectivity index (χ4v) is 3.84. The number of anilines is 1. The summed E-state index contributed by atoms with van der Waals surface area (Å²) in [6.45, 7) is 1.20. The van der Waals surface area contributed by atoms with Gasteiger partial charge in [0, 0.05) is 31.0 Å². The van der Waals surface area contributed by atoms with Crippen LogP contribution in [0, 0.1) is 0 Å². The first kappa shape index (κ1) is 16.8. The van der Waals surface area contributed by atoms with E-state index in [1.54, 1.807) is 7.11 Å². The Hall–Kier alpha value is -2.60. The van der Waals surface area contributed by atoms with Crippen molar-refractivity contribution in [2.45, 2.75) is 31.7 Å². The van der Waals surface area contributed by atoms with E-state index in [0.717, 1.165) is 54.1 Å². The summed E-state index contributed by atoms with van der Waals surface area (Å²) in [5, 5.41) is 14.1. The summed E-state index contributed by atoms with van der Waals surface area (Å²) < 4.78 is 7.27. The van der Waals surface area contributed by atoms with Crippen LogP contribution >= 0.6 is 0 Å². The summed E-state index contributed by atoms with van der Waals surface area (Å²) in [5.41, 5.74) is 2.86. The van der Waals surface area contributed by atoms with E-state index in [1.807, 2.05) is 47.2 Å². The number of aliphatic hydroxyl groups excluding tert-OH is 1. The molecule has 1 fully saturated rings. The van der Waals surface area contributed by atoms with Gasteiger partial charge in [0.2, 0.25) is 0 Å². The highest BCUT2D eigenvalue weighted by molar-refractivity contribution is 5.78. The number of methoxy groups -OCH3 is 1. The van der Waals surface area contributed by atoms with Gasteiger partial charge in [-0.15, -0.1) is 0 Å². The van der Waals surface area contributed by atoms with Gasteiger partial charge >= 0.3 is 0 Å². The van der Waals surface area contributed by atoms with E-state index >= 15 is 0 Å². The second-order valence-corrected chi connectivity index (χ2v) is 6.68. The zero-order chi connectivity index (χ0) is 17.9. The molecule has 0 bridgehead atoms. The highest BCUT2D eigenvalue weighted by atomic mass is 16.5. The van der Waals surface area contributed by atoms with Crippen molar-refractivity contribution in [3.05, 3.63) is 42.7 Å². The summed E-state index contributed by atoms with van der Waals surface area (Å²) in [7, 11) is 1.67. The van der Waals surface area contributed by atoms with E-state index in [2.05, 4.69) is 15.0 Å². The Morgan fingerprint density at radius 3 is 3.04 bits per heavy atom. The Labute approximate surface area is 153 Å². The molecule has 6 nitrogen and oxygen atoms in total. The zero-order valence-electron chi connectivity index (χ0n) is 15.0. The number of fused-ring (bicyclic) bond motifs is 1. The Morgan fingerprint density at radius 2 is 2.19 bits per heavy atom. The number of piperidine rings is 1. The van der Waals surface area contributed by atoms with Crippen molar-refractivity contribution >= 4 is 11.5 Å². The van der Waals surface area contributed by atoms with Crippen LogP contribution in [0.15, 0.2) is 42.7 Å². The molecule has 3 heterocycles. The number of aliphatic hydroxyl groups is 1. The van der Waals surface area contributed by atoms with E-state index in [9.17, 15) is 5.11 Å². The zero-order valence-corrected chi connectivity index (χ0v) is 15.0. The lowest BCUT2D eigenvalue weighted by molar-refractivity contribution is 0.262. The van der Waals surface area contributed by atoms with Gasteiger partial charge in [0.25, 0.3) is 0 Å². The third kappa shape index (κ3) is 3.01. The lowest BCUT2D eigenvalue weighted by Crippen LogP contribution is -2.41. The van der Waals surface area contributed by atoms with Crippen molar-refractivity contribution in [3.63, 3.8) is 0 Å². The van der Waals surface area contributed by atoms with E-state index < -0.39 is 0 Å². The minimum absolute atomic E-state index is 0.212. The highest BCUT2D eigenvalue weighted by Gasteiger charge is 2.25. The standard InChI is InChI=1S/C20H24N4O2/c1-26-17-7-4-5-15(13-17)18-14-22-24-19(8-10-21-20(18)24)23-11-3-2-6-16(23)9-12-25/h4-5,7-8,10,13-14,16,25H,2-3,6,9,11-12H2,1H3. The number of benzene rings is 1. The van der Waals surface area contributed by atoms with Crippen LogP contribution in [0.25, 0.3) is 16.8 Å². The second-order valence-electron chi connectivity index (χ2n) is 6.68. The Morgan fingerprint density at radius 1 is 1.27 bits per heavy atom. The molecule has 3 aromatic rings. The van der Waals surface area contributed by atoms with Gasteiger partial charge in [0.15, 0.2) is 5.65 Å². The number of rotatable bonds is 5. The molecule has 26 heavy (non-hydrogen) atoms. The van der Waals surface area contributed by atoms with Crippen LogP contribution in [0.3, 0.4) is 0 Å². The predicted octanol–water partition coefficient (Wildman–Crippen LogP) is 3.15. The van der Waals surface area contributed by atoms with Gasteiger partial charge in [-0.1, -0.05) is 12.1 Å². The second kappa shape index (κ2) is 7.33. The first-order chi connectivity index (χ1) is 12.8. The molecular formula is C20H24N4O2. The van der Waals surface area contributed by atoms with Crippen LogP contribution in [-0.2, 0) is 0 Å². The van der Waals surface area contributed by atoms with E-state index in [-0.39, 0.29) is 6.61 Å². The Balaban J connectivity index is 1.77. The third-order valence-electron chi connectivity index (χ3n) is 5.15. The quantitative estimate of drug-likeness (QED) is 0.764. The molecular weight excluding hydrogens is 328 g/mol. The topological polar surface area (TPSA) is 62.9 Å². The van der Waals surface area contributed by atoms with Crippen molar-refractivity contribution in [3.8, 4) is 16.9 Å². The molecule has 0 spiro atoms. The van der Waals surface area contributed by atoms with Gasteiger partial charge in [0.1, 0.15) is 11.6 Å². The van der Waals surface area contributed by atoms with Gasteiger partial charge in [-0.25, -0.2) is 4.98 Å². The molecule has 1 saturated heterocycles. The number of aromatic nitrogens is 3. The smallest absolute Gasteiger partial charge is 0.165 e. The first-order valence-corrected chi connectivity index (χ1v) is 9.16. The molecule has 6 heteroatoms. The number of hydrogen-bond donors (Lipinski definition) is 1. The minimum Gasteiger partial charge on any atom is -0.497 e. The van der Waals surface area contributed by atoms with Gasteiger partial charge in [0.05, 0.1) is 13.3 Å². The molecule has 1 atom stereocenters. The molecule has 0 aliphatic carbocycles. The summed E-state index contributed by atoms with van der Waals surface area (Å²) in [6, 6.07) is 10.3. The Bertz CT molecular complexity index is 890. The fourth-order valence-electron chi connectivity index (χ4n) is 3.84. The van der Waals surface area contributed by atoms with Crippen LogP contribution < -0.4 is 9.64 Å². The van der Waals surface area contributed by atoms with E-state index in [1.165, 1.54) is 6.42 Å². The molecule has 2 aromatic heterocycles. The van der Waals surface area contributed by atoms with E-state index in [0.29, 0.717) is 6.04 Å². The molecule has 136 valence electrons. The summed E-state index contributed by atoms with van der Waals surface area (Å²) >= 11 is 0. The summed E-state index contributed by atoms with van der Waals surface area (Å²) in [5.74, 6) is 1.86. The predicted molar refractivity (Wildman–Crippen MR) is 102 cm³/mol. The molecule has 1 N–H and O–H groups in total. The van der Waals surface area contributed by atoms with Crippen LogP contribution in [-0.4, -0.2) is 46.0 Å². The fraction of sp³-hybridized carbons (Fsp3) is 0.400.